The van der Waals surface area contributed by atoms with E-state index in [1.807, 2.05) is 13.8 Å². The van der Waals surface area contributed by atoms with Crippen molar-refractivity contribution in [1.29, 1.82) is 0 Å². The lowest BCUT2D eigenvalue weighted by molar-refractivity contribution is -0.155. The number of carbonyl (C=O) groups is 7. The van der Waals surface area contributed by atoms with E-state index in [-0.39, 0.29) is 61.1 Å². The topological polar surface area (TPSA) is 189 Å². The quantitative estimate of drug-likeness (QED) is 0.146. The molecule has 0 bridgehead atoms. The molecule has 1 saturated heterocycles. The highest BCUT2D eigenvalue weighted by Gasteiger charge is 2.70. The number of esters is 2. The minimum Gasteiger partial charge on any atom is -0.461 e. The first-order chi connectivity index (χ1) is 23.3. The lowest BCUT2D eigenvalue weighted by Gasteiger charge is -2.38. The smallest absolute Gasteiger partial charge is 0.329 e. The SMILES string of the molecule is CC(C)OC(=O)[C@@H](NC(=O)N[C@H](C(=O)N1C[C@H]2[C@@H]([C@H]1C(=O)N[C@@H](CC1CC1)C(=O)C(=O)NCCC(=O)OC(C)(C)C)C2(C)C)C(C)(C)C)C(C)C. The van der Waals surface area contributed by atoms with E-state index in [0.29, 0.717) is 0 Å². The largest absolute Gasteiger partial charge is 0.461 e. The fourth-order valence-electron chi connectivity index (χ4n) is 6.84. The first-order valence-corrected chi connectivity index (χ1v) is 18.3. The summed E-state index contributed by atoms with van der Waals surface area (Å²) in [6, 6.07) is -4.77. The maximum atomic E-state index is 14.3. The molecule has 3 aliphatic rings. The number of hydrogen-bond donors (Lipinski definition) is 4. The summed E-state index contributed by atoms with van der Waals surface area (Å²) in [7, 11) is 0. The van der Waals surface area contributed by atoms with Crippen LogP contribution in [0, 0.1) is 34.5 Å². The van der Waals surface area contributed by atoms with Crippen molar-refractivity contribution in [2.75, 3.05) is 13.1 Å². The average Bonchev–Trinajstić information content (AvgIpc) is 3.82. The number of likely N-dealkylation sites (tertiary alicyclic amines) is 1. The van der Waals surface area contributed by atoms with Crippen LogP contribution in [0.1, 0.15) is 109 Å². The second-order valence-corrected chi connectivity index (χ2v) is 17.7. The van der Waals surface area contributed by atoms with Crippen LogP contribution in [0.15, 0.2) is 0 Å². The highest BCUT2D eigenvalue weighted by molar-refractivity contribution is 6.38. The maximum absolute atomic E-state index is 14.3. The number of fused-ring (bicyclic) bond motifs is 1. The predicted molar refractivity (Wildman–Crippen MR) is 189 cm³/mol. The van der Waals surface area contributed by atoms with Gasteiger partial charge >= 0.3 is 18.0 Å². The Balaban J connectivity index is 1.76. The van der Waals surface area contributed by atoms with Gasteiger partial charge in [-0.15, -0.1) is 0 Å². The van der Waals surface area contributed by atoms with Crippen LogP contribution < -0.4 is 21.3 Å². The van der Waals surface area contributed by atoms with Crippen LogP contribution in [-0.4, -0.2) is 95.3 Å². The molecule has 14 nitrogen and oxygen atoms in total. The number of hydrogen-bond acceptors (Lipinski definition) is 9. The molecule has 0 aromatic heterocycles. The van der Waals surface area contributed by atoms with Crippen molar-refractivity contribution >= 4 is 41.5 Å². The summed E-state index contributed by atoms with van der Waals surface area (Å²) in [5.41, 5.74) is -1.71. The summed E-state index contributed by atoms with van der Waals surface area (Å²) in [6.45, 7) is 21.8. The Bertz CT molecular complexity index is 1360. The third kappa shape index (κ3) is 11.1. The number of nitrogens with zero attached hydrogens (tertiary/aromatic N) is 1. The van der Waals surface area contributed by atoms with Gasteiger partial charge in [-0.05, 0) is 75.5 Å². The van der Waals surface area contributed by atoms with E-state index in [4.69, 9.17) is 9.47 Å². The monoisotopic (exact) mass is 719 g/mol. The van der Waals surface area contributed by atoms with Crippen molar-refractivity contribution in [3.05, 3.63) is 0 Å². The molecule has 51 heavy (non-hydrogen) atoms. The molecule has 0 radical (unpaired) electrons. The van der Waals surface area contributed by atoms with Gasteiger partial charge in [-0.2, -0.15) is 0 Å². The van der Waals surface area contributed by atoms with Crippen LogP contribution in [0.4, 0.5) is 4.79 Å². The normalized spacial score (nSPS) is 22.6. The number of urea groups is 1. The maximum Gasteiger partial charge on any atom is 0.329 e. The summed E-state index contributed by atoms with van der Waals surface area (Å²) < 4.78 is 10.6. The van der Waals surface area contributed by atoms with Crippen LogP contribution in [0.2, 0.25) is 0 Å². The number of Topliss-reactive ketones (excluding diaryl/α,β-unsaturated/α-hetero) is 1. The summed E-state index contributed by atoms with van der Waals surface area (Å²) in [4.78, 5) is 94.3. The zero-order chi connectivity index (χ0) is 38.8. The Kier molecular flexibility index (Phi) is 13.0. The molecule has 0 aromatic carbocycles. The molecule has 0 aromatic rings. The molecule has 4 N–H and O–H groups in total. The molecular weight excluding hydrogens is 658 g/mol. The molecule has 0 spiro atoms. The van der Waals surface area contributed by atoms with Crippen molar-refractivity contribution in [3.8, 4) is 0 Å². The number of carbonyl (C=O) groups excluding carboxylic acids is 7. The molecular formula is C37H61N5O9. The van der Waals surface area contributed by atoms with Gasteiger partial charge in [0.25, 0.3) is 5.91 Å². The second kappa shape index (κ2) is 15.9. The third-order valence-corrected chi connectivity index (χ3v) is 9.87. The number of ketones is 1. The standard InChI is InChI=1S/C37H61N5O9/c1-19(2)26(33(48)50-20(3)4)40-34(49)41-29(35(5,6)7)32(47)42-18-22-25(37(22,11)12)27(42)30(45)39-23(17-21-13-14-21)28(44)31(46)38-16-15-24(43)51-36(8,9)10/h19-23,25-27,29H,13-18H2,1-12H3,(H,38,46)(H,39,45)(H2,40,41,49)/t22-,23-,25-,26-,27-,29+/m0/s1. The van der Waals surface area contributed by atoms with Crippen LogP contribution in [0.25, 0.3) is 0 Å². The van der Waals surface area contributed by atoms with Gasteiger partial charge in [0.2, 0.25) is 17.6 Å². The summed E-state index contributed by atoms with van der Waals surface area (Å²) in [6.07, 6.45) is 1.54. The minimum atomic E-state index is -1.11. The molecule has 2 saturated carbocycles. The van der Waals surface area contributed by atoms with Crippen LogP contribution in [0.3, 0.4) is 0 Å². The van der Waals surface area contributed by atoms with Gasteiger partial charge in [0.05, 0.1) is 18.6 Å². The van der Waals surface area contributed by atoms with Gasteiger partial charge in [-0.1, -0.05) is 61.3 Å². The summed E-state index contributed by atoms with van der Waals surface area (Å²) >= 11 is 0. The number of ether oxygens (including phenoxy) is 2. The molecule has 3 fully saturated rings. The number of rotatable bonds is 15. The second-order valence-electron chi connectivity index (χ2n) is 17.7. The van der Waals surface area contributed by atoms with Gasteiger partial charge in [-0.3, -0.25) is 24.0 Å². The lowest BCUT2D eigenvalue weighted by atomic mass is 9.85. The minimum absolute atomic E-state index is 0.0245. The number of amides is 5. The zero-order valence-corrected chi connectivity index (χ0v) is 32.6. The van der Waals surface area contributed by atoms with Crippen LogP contribution >= 0.6 is 0 Å². The van der Waals surface area contributed by atoms with Crippen molar-refractivity contribution in [2.24, 2.45) is 34.5 Å². The Morgan fingerprint density at radius 1 is 0.882 bits per heavy atom. The van der Waals surface area contributed by atoms with Gasteiger partial charge in [-0.25, -0.2) is 9.59 Å². The van der Waals surface area contributed by atoms with E-state index >= 15 is 0 Å². The highest BCUT2D eigenvalue weighted by atomic mass is 16.6. The van der Waals surface area contributed by atoms with Crippen molar-refractivity contribution in [1.82, 2.24) is 26.2 Å². The van der Waals surface area contributed by atoms with Crippen molar-refractivity contribution in [3.63, 3.8) is 0 Å². The summed E-state index contributed by atoms with van der Waals surface area (Å²) in [5.74, 6) is -4.09. The van der Waals surface area contributed by atoms with Crippen LogP contribution in [0.5, 0.6) is 0 Å². The molecule has 3 rings (SSSR count). The average molecular weight is 720 g/mol. The fourth-order valence-corrected chi connectivity index (χ4v) is 6.84. The molecule has 6 atom stereocenters. The fraction of sp³-hybridized carbons (Fsp3) is 0.811. The lowest BCUT2D eigenvalue weighted by Crippen LogP contribution is -2.62. The third-order valence-electron chi connectivity index (χ3n) is 9.87. The van der Waals surface area contributed by atoms with Gasteiger partial charge < -0.3 is 35.6 Å². The van der Waals surface area contributed by atoms with Crippen molar-refractivity contribution < 1.29 is 43.0 Å². The molecule has 5 amide bonds. The number of nitrogens with one attached hydrogen (secondary N) is 4. The van der Waals surface area contributed by atoms with E-state index in [2.05, 4.69) is 21.3 Å². The molecule has 288 valence electrons. The Morgan fingerprint density at radius 2 is 1.49 bits per heavy atom. The molecule has 2 aliphatic carbocycles. The number of piperidine rings is 1. The Labute approximate surface area is 302 Å². The molecule has 14 heteroatoms. The van der Waals surface area contributed by atoms with E-state index < -0.39 is 76.7 Å². The Hall–Kier alpha value is -3.71. The Morgan fingerprint density at radius 3 is 2.00 bits per heavy atom. The van der Waals surface area contributed by atoms with E-state index in [1.165, 1.54) is 4.90 Å². The van der Waals surface area contributed by atoms with Crippen LogP contribution in [-0.2, 0) is 38.2 Å². The molecule has 1 aliphatic heterocycles. The zero-order valence-electron chi connectivity index (χ0n) is 32.6. The first-order valence-electron chi connectivity index (χ1n) is 18.3. The van der Waals surface area contributed by atoms with Gasteiger partial charge in [0, 0.05) is 13.1 Å². The van der Waals surface area contributed by atoms with E-state index in [1.54, 1.807) is 69.2 Å². The van der Waals surface area contributed by atoms with Crippen molar-refractivity contribution in [2.45, 2.75) is 145 Å². The highest BCUT2D eigenvalue weighted by Crippen LogP contribution is 2.65. The molecule has 0 unspecified atom stereocenters. The predicted octanol–water partition coefficient (Wildman–Crippen LogP) is 2.86. The van der Waals surface area contributed by atoms with E-state index in [9.17, 15) is 33.6 Å². The van der Waals surface area contributed by atoms with Gasteiger partial charge in [0.1, 0.15) is 23.7 Å². The first kappa shape index (κ1) is 41.7. The molecule has 1 heterocycles. The summed E-state index contributed by atoms with van der Waals surface area (Å²) in [5, 5.41) is 10.7. The van der Waals surface area contributed by atoms with E-state index in [0.717, 1.165) is 12.8 Å². The van der Waals surface area contributed by atoms with Gasteiger partial charge in [0.15, 0.2) is 0 Å².